The van der Waals surface area contributed by atoms with Gasteiger partial charge in [-0.25, -0.2) is 20.2 Å². The summed E-state index contributed by atoms with van der Waals surface area (Å²) in [6.07, 6.45) is 9.70. The number of carbonyl (C=O) groups is 7. The zero-order valence-electron chi connectivity index (χ0n) is 63.0. The van der Waals surface area contributed by atoms with Gasteiger partial charge in [-0.2, -0.15) is 9.61 Å². The largest absolute Gasteiger partial charge is 0.481 e. The molecule has 0 aromatic carbocycles. The van der Waals surface area contributed by atoms with Gasteiger partial charge in [0.25, 0.3) is 5.97 Å². The Morgan fingerprint density at radius 1 is 0.509 bits per heavy atom. The molecule has 3 amide bonds. The zero-order chi connectivity index (χ0) is 80.6. The van der Waals surface area contributed by atoms with Crippen molar-refractivity contribution in [1.29, 1.82) is 0 Å². The van der Waals surface area contributed by atoms with Gasteiger partial charge in [-0.15, -0.1) is 40.8 Å². The van der Waals surface area contributed by atoms with Gasteiger partial charge in [0.05, 0.1) is 16.6 Å². The number of aryl methyl sites for hydroxylation is 1. The number of aliphatic carboxylic acids is 1. The van der Waals surface area contributed by atoms with Crippen LogP contribution in [-0.4, -0.2) is 186 Å². The zero-order valence-corrected chi connectivity index (χ0v) is 68.3. The fourth-order valence-corrected chi connectivity index (χ4v) is 11.3. The normalized spacial score (nSPS) is 16.2. The second-order valence-corrected chi connectivity index (χ2v) is 31.4. The first-order valence-electron chi connectivity index (χ1n) is 34.0. The number of carboxylic acid groups (broad SMARTS) is 1. The molecule has 8 heterocycles. The molecule has 1 saturated carbocycles. The van der Waals surface area contributed by atoms with Crippen LogP contribution < -0.4 is 34.0 Å². The minimum absolute atomic E-state index is 0.0198. The van der Waals surface area contributed by atoms with Crippen LogP contribution in [-0.2, 0) is 55.7 Å². The van der Waals surface area contributed by atoms with E-state index in [1.165, 1.54) is 19.9 Å². The highest BCUT2D eigenvalue weighted by Gasteiger charge is 2.33. The van der Waals surface area contributed by atoms with Crippen LogP contribution in [0.4, 0.5) is 25.9 Å². The van der Waals surface area contributed by atoms with Gasteiger partial charge >= 0.3 is 36.2 Å². The maximum Gasteiger partial charge on any atom is 0.410 e. The summed E-state index contributed by atoms with van der Waals surface area (Å²) < 4.78 is 27.2. The molecule has 4 fully saturated rings. The molecule has 3 aliphatic heterocycles. The summed E-state index contributed by atoms with van der Waals surface area (Å²) in [4.78, 5) is 81.8. The van der Waals surface area contributed by atoms with Crippen molar-refractivity contribution >= 4 is 141 Å². The second-order valence-electron chi connectivity index (χ2n) is 28.7. The topological polar surface area (TPSA) is 444 Å². The number of anilines is 2. The van der Waals surface area contributed by atoms with Crippen molar-refractivity contribution in [2.45, 2.75) is 222 Å². The van der Waals surface area contributed by atoms with E-state index in [1.807, 2.05) is 90.0 Å². The van der Waals surface area contributed by atoms with Crippen molar-refractivity contribution < 1.29 is 62.4 Å². The third-order valence-corrected chi connectivity index (χ3v) is 16.5. The number of hydrazine groups is 2. The first kappa shape index (κ1) is 95.2. The lowest BCUT2D eigenvalue weighted by Gasteiger charge is -2.33. The predicted molar refractivity (Wildman–Crippen MR) is 407 cm³/mol. The number of aromatic nitrogens is 10. The highest BCUT2D eigenvalue weighted by molar-refractivity contribution is 6.42. The number of carbonyl (C=O) groups excluding carboxylic acids is 6. The summed E-state index contributed by atoms with van der Waals surface area (Å²) >= 11 is 40.2. The van der Waals surface area contributed by atoms with E-state index in [0.29, 0.717) is 80.9 Å². The number of nitrogens with zero attached hydrogens (tertiary/aromatic N) is 13. The van der Waals surface area contributed by atoms with Gasteiger partial charge in [0.15, 0.2) is 42.6 Å². The molecule has 11 N–H and O–H groups in total. The lowest BCUT2D eigenvalue weighted by atomic mass is 9.86. The van der Waals surface area contributed by atoms with Crippen LogP contribution in [0.15, 0.2) is 24.3 Å². The number of nitrogen functional groups attached to an aromatic ring is 1. The Morgan fingerprint density at radius 2 is 0.896 bits per heavy atom. The molecule has 3 saturated heterocycles. The molecular formula is C67H104Cl7N19O13. The van der Waals surface area contributed by atoms with Crippen LogP contribution in [0.1, 0.15) is 185 Å². The summed E-state index contributed by atoms with van der Waals surface area (Å²) in [6, 6.07) is 7.25. The molecule has 5 aromatic rings. The molecule has 39 heteroatoms. The summed E-state index contributed by atoms with van der Waals surface area (Å²) in [7, 11) is 0. The average Bonchev–Trinajstić information content (AvgIpc) is 1.61. The van der Waals surface area contributed by atoms with Gasteiger partial charge in [-0.05, 0) is 203 Å². The van der Waals surface area contributed by atoms with Gasteiger partial charge in [0.1, 0.15) is 22.4 Å². The highest BCUT2D eigenvalue weighted by Crippen LogP contribution is 2.32. The van der Waals surface area contributed by atoms with Gasteiger partial charge in [-0.3, -0.25) is 30.9 Å². The van der Waals surface area contributed by atoms with E-state index in [9.17, 15) is 28.8 Å². The Balaban J connectivity index is 0.000000443. The van der Waals surface area contributed by atoms with Crippen LogP contribution in [0.5, 0.6) is 0 Å². The van der Waals surface area contributed by atoms with Gasteiger partial charge in [0.2, 0.25) is 5.65 Å². The van der Waals surface area contributed by atoms with Crippen LogP contribution >= 0.6 is 81.2 Å². The third-order valence-electron chi connectivity index (χ3n) is 14.8. The third kappa shape index (κ3) is 39.3. The molecule has 32 nitrogen and oxygen atoms in total. The van der Waals surface area contributed by atoms with Crippen LogP contribution in [0.3, 0.4) is 0 Å². The number of piperidine rings is 3. The molecule has 0 bridgehead atoms. The number of nitrogens with two attached hydrogens (primary N) is 4. The highest BCUT2D eigenvalue weighted by atomic mass is 35.5. The summed E-state index contributed by atoms with van der Waals surface area (Å²) in [5.41, 5.74) is 9.88. The number of hydrogen-bond acceptors (Lipinski definition) is 27. The maximum absolute atomic E-state index is 12.2. The Morgan fingerprint density at radius 3 is 1.28 bits per heavy atom. The minimum Gasteiger partial charge on any atom is -0.481 e. The first-order valence-corrected chi connectivity index (χ1v) is 36.6. The maximum atomic E-state index is 12.2. The van der Waals surface area contributed by atoms with E-state index >= 15 is 0 Å². The fourth-order valence-electron chi connectivity index (χ4n) is 10.2. The second kappa shape index (κ2) is 45.8. The predicted octanol–water partition coefficient (Wildman–Crippen LogP) is 12.8. The Labute approximate surface area is 654 Å². The molecule has 0 unspecified atom stereocenters. The van der Waals surface area contributed by atoms with E-state index in [1.54, 1.807) is 37.4 Å². The number of nitrogens with one attached hydrogen (secondary N) is 2. The lowest BCUT2D eigenvalue weighted by molar-refractivity contribution is -0.161. The van der Waals surface area contributed by atoms with Crippen molar-refractivity contribution in [3.05, 3.63) is 77.2 Å². The lowest BCUT2D eigenvalue weighted by Crippen LogP contribution is -2.44. The first-order chi connectivity index (χ1) is 49.2. The molecule has 0 atom stereocenters. The van der Waals surface area contributed by atoms with Crippen molar-refractivity contribution in [2.24, 2.45) is 41.0 Å². The van der Waals surface area contributed by atoms with Crippen molar-refractivity contribution in [1.82, 2.24) is 65.1 Å². The van der Waals surface area contributed by atoms with Crippen LogP contribution in [0.25, 0.3) is 5.65 Å². The van der Waals surface area contributed by atoms with Crippen LogP contribution in [0.2, 0.25) is 35.9 Å². The van der Waals surface area contributed by atoms with Gasteiger partial charge in [0, 0.05) is 83.8 Å². The Hall–Kier alpha value is -6.85. The van der Waals surface area contributed by atoms with Crippen molar-refractivity contribution in [3.63, 3.8) is 0 Å². The number of ether oxygens (including phenoxy) is 5. The smallest absolute Gasteiger partial charge is 0.410 e. The van der Waals surface area contributed by atoms with Gasteiger partial charge in [-0.1, -0.05) is 81.2 Å². The Bertz CT molecular complexity index is 3590. The number of likely N-dealkylation sites (tertiary alicyclic amines) is 3. The molecule has 0 radical (unpaired) electrons. The van der Waals surface area contributed by atoms with E-state index in [-0.39, 0.29) is 52.6 Å². The number of halogens is 7. The monoisotopic (exact) mass is 1630 g/mol. The molecule has 4 aliphatic rings. The van der Waals surface area contributed by atoms with E-state index in [4.69, 9.17) is 122 Å². The van der Waals surface area contributed by atoms with Gasteiger partial charge < -0.3 is 60.0 Å². The molecule has 106 heavy (non-hydrogen) atoms. The summed E-state index contributed by atoms with van der Waals surface area (Å²) in [5, 5.41) is 47.7. The quantitative estimate of drug-likeness (QED) is 0.0249. The number of fused-ring (bicyclic) bond motifs is 1. The number of amides is 3. The fraction of sp³-hybridized carbons (Fsp3) is 0.642. The molecule has 0 spiro atoms. The van der Waals surface area contributed by atoms with Crippen molar-refractivity contribution in [2.75, 3.05) is 50.0 Å². The van der Waals surface area contributed by atoms with Crippen molar-refractivity contribution in [3.8, 4) is 0 Å². The average molecular weight is 1630 g/mol. The van der Waals surface area contributed by atoms with E-state index < -0.39 is 40.3 Å². The molecular weight excluding hydrogens is 1530 g/mol. The molecule has 9 rings (SSSR count). The Kier molecular flexibility index (Phi) is 41.2. The number of rotatable bonds is 8. The summed E-state index contributed by atoms with van der Waals surface area (Å²) in [6.45, 7) is 32.1. The van der Waals surface area contributed by atoms with E-state index in [0.717, 1.165) is 114 Å². The minimum atomic E-state index is -0.833. The molecule has 5 aromatic heterocycles. The van der Waals surface area contributed by atoms with Crippen LogP contribution in [0, 0.1) is 24.7 Å². The summed E-state index contributed by atoms with van der Waals surface area (Å²) in [5.74, 6) is 13.5. The number of hydrogen-bond donors (Lipinski definition) is 7. The SMILES string of the molecule is CC(=O)O.CC(=O)OC(C)=O.CC(C)(C)OC(=O)N1CCC(Cc2cc(Cl)nnc2Cl)CC1.CC(C)(C)OC(=O)N1CCC(Cc2cc(Cl)nnc2NN)CC1.CC(C)(C)OC(=O)N1CCC(N)CC1.Cc1nnc2c(NC3CCC(C(=O)OC(C)(C)C)CC3)cc(Cl)nn12.Clc1cc(Cl)c(Cl)nn1.NN. The molecule has 1 aliphatic carbocycles. The molecule has 594 valence electrons. The standard InChI is InChI=1S/C17H24ClN5O2.C15H21Cl2N3O2.C15H24ClN5O2.C10H20N2O2.C4HCl3N2.C4H6O3.C2H4O2.H4N2/c1-10-20-21-15-13(9-14(18)22-23(10)15)19-12-7-5-11(6-8-12)16(24)25-17(2,3)4;1-15(2,3)22-14(21)20-6-4-10(5-7-20)8-11-9-12(16)18-19-13(11)17;1-15(2,3)23-14(22)21-6-4-10(5-7-21)8-11-9-12(16)19-20-13(11)18-17;1-10(2,3)14-9(13)12-6-4-8(11)5-7-12;5-2-1-3(6)8-9-4(2)7;1-3(5)7-4(2)6;1-2(3)4;1-2/h9,11-12,19H,5-8H2,1-4H3;9-10H,4-8H2,1-3H3;9-10H,4-8,17H2,1-3H3,(H,18,20);8H,4-7,11H2,1-3H3;1H;1-2H3;1H3,(H,3,4);1-2H2. The van der Waals surface area contributed by atoms with E-state index in [2.05, 4.69) is 73.1 Å². The number of carboxylic acids is 1. The number of esters is 3.